The van der Waals surface area contributed by atoms with Crippen molar-refractivity contribution in [3.63, 3.8) is 0 Å². The average molecular weight is 1090 g/mol. The molecule has 0 aliphatic carbocycles. The number of benzene rings is 2. The molecule has 2 aromatic carbocycles. The molecule has 2 N–H and O–H groups in total. The van der Waals surface area contributed by atoms with Gasteiger partial charge in [0.25, 0.3) is 0 Å². The van der Waals surface area contributed by atoms with E-state index in [9.17, 15) is 27.0 Å². The Balaban J connectivity index is 0.000000186. The molecule has 2 aliphatic heterocycles. The quantitative estimate of drug-likeness (QED) is 0.104. The van der Waals surface area contributed by atoms with Gasteiger partial charge in [-0.25, -0.2) is 26.2 Å². The van der Waals surface area contributed by atoms with Gasteiger partial charge in [0.15, 0.2) is 42.8 Å². The summed E-state index contributed by atoms with van der Waals surface area (Å²) in [6.07, 6.45) is -1.16. The second-order valence-corrected chi connectivity index (χ2v) is 22.7. The average Bonchev–Trinajstić information content (AvgIpc) is 4.31. The highest BCUT2D eigenvalue weighted by molar-refractivity contribution is 7.91. The van der Waals surface area contributed by atoms with Gasteiger partial charge in [-0.2, -0.15) is 10.2 Å². The van der Waals surface area contributed by atoms with E-state index in [2.05, 4.69) is 30.6 Å². The first kappa shape index (κ1) is 53.2. The van der Waals surface area contributed by atoms with E-state index in [1.165, 1.54) is 42.3 Å². The molecule has 10 rings (SSSR count). The van der Waals surface area contributed by atoms with E-state index in [0.717, 1.165) is 12.8 Å². The van der Waals surface area contributed by atoms with Crippen LogP contribution >= 0.6 is 0 Å². The van der Waals surface area contributed by atoms with E-state index >= 15 is 0 Å². The van der Waals surface area contributed by atoms with E-state index in [1.54, 1.807) is 105 Å². The van der Waals surface area contributed by atoms with Crippen molar-refractivity contribution < 1.29 is 64.3 Å². The Morgan fingerprint density at radius 3 is 1.25 bits per heavy atom. The van der Waals surface area contributed by atoms with Crippen LogP contribution in [0.4, 0.5) is 0 Å². The van der Waals surface area contributed by atoms with Crippen molar-refractivity contribution >= 4 is 19.7 Å². The molecule has 8 heterocycles. The number of furan rings is 2. The molecule has 2 aliphatic rings. The summed E-state index contributed by atoms with van der Waals surface area (Å²) in [6, 6.07) is 20.6. The topological polar surface area (TPSA) is 287 Å². The summed E-state index contributed by atoms with van der Waals surface area (Å²) < 4.78 is 106. The SMILES string of the molecule is COc1cccc(OC)c1-n1c(CS(=O)(=O)[C@@H](C)[C@H](O)c2cc3n(n2)CCCO3)nnc1-c1ccc(C)o1.COc1cccc(OC)c1-n1c(CS(=O)(=O)[C@H](C)[C@@H](O)c2cc3n(n2)CCCO3)nnc1-c1ccc(C)o1. The number of para-hydroxylation sites is 2. The van der Waals surface area contributed by atoms with Gasteiger partial charge in [-0.3, -0.25) is 9.13 Å². The zero-order chi connectivity index (χ0) is 54.1. The second-order valence-electron chi connectivity index (χ2n) is 18.0. The Morgan fingerprint density at radius 2 is 0.934 bits per heavy atom. The molecule has 0 radical (unpaired) electrons. The molecule has 6 aromatic heterocycles. The maximum atomic E-state index is 13.6. The van der Waals surface area contributed by atoms with Crippen LogP contribution in [0.3, 0.4) is 0 Å². The van der Waals surface area contributed by atoms with Crippen molar-refractivity contribution in [2.75, 3.05) is 41.7 Å². The van der Waals surface area contributed by atoms with Crippen molar-refractivity contribution in [1.82, 2.24) is 49.1 Å². The standard InChI is InChI=1S/2C25H29N5O7S/c2*1-15-9-10-20(37-15)25-27-26-21(30(25)23-18(34-3)7-5-8-19(23)35-4)14-38(32,33)16(2)24(31)17-13-22-29(28-17)11-6-12-36-22/h2*5,7-10,13,16,24,31H,6,11-12,14H2,1-4H3/t2*16-,24-/m10/s1. The second kappa shape index (κ2) is 21.9. The first-order valence-electron chi connectivity index (χ1n) is 24.1. The molecule has 76 heavy (non-hydrogen) atoms. The fraction of sp³-hybridized carbons (Fsp3) is 0.400. The maximum absolute atomic E-state index is 13.6. The van der Waals surface area contributed by atoms with Crippen molar-refractivity contribution in [2.24, 2.45) is 0 Å². The molecule has 0 unspecified atom stereocenters. The highest BCUT2D eigenvalue weighted by Gasteiger charge is 2.37. The molecule has 0 bridgehead atoms. The lowest BCUT2D eigenvalue weighted by atomic mass is 10.2. The number of ether oxygens (including phenoxy) is 6. The van der Waals surface area contributed by atoms with Crippen molar-refractivity contribution in [1.29, 1.82) is 0 Å². The fourth-order valence-corrected chi connectivity index (χ4v) is 11.5. The third-order valence-corrected chi connectivity index (χ3v) is 17.1. The number of aliphatic hydroxyl groups is 2. The monoisotopic (exact) mass is 1090 g/mol. The molecule has 26 heteroatoms. The summed E-state index contributed by atoms with van der Waals surface area (Å²) in [5, 5.41) is 45.2. The number of nitrogens with zero attached hydrogens (tertiary/aromatic N) is 10. The molecule has 0 saturated heterocycles. The van der Waals surface area contributed by atoms with Gasteiger partial charge in [0.2, 0.25) is 23.4 Å². The fourth-order valence-electron chi connectivity index (χ4n) is 8.78. The molecular weight excluding hydrogens is 1030 g/mol. The molecule has 0 spiro atoms. The van der Waals surface area contributed by atoms with Gasteiger partial charge < -0.3 is 47.5 Å². The maximum Gasteiger partial charge on any atom is 0.212 e. The number of methoxy groups -OCH3 is 4. The lowest BCUT2D eigenvalue weighted by Gasteiger charge is -2.19. The minimum Gasteiger partial charge on any atom is -0.494 e. The van der Waals surface area contributed by atoms with E-state index in [4.69, 9.17) is 37.3 Å². The molecule has 0 saturated carbocycles. The van der Waals surface area contributed by atoms with Crippen LogP contribution in [-0.2, 0) is 44.3 Å². The minimum absolute atomic E-state index is 0.100. The Labute approximate surface area is 437 Å². The van der Waals surface area contributed by atoms with Crippen LogP contribution < -0.4 is 28.4 Å². The molecule has 0 fully saturated rings. The number of sulfone groups is 2. The lowest BCUT2D eigenvalue weighted by molar-refractivity contribution is 0.169. The largest absolute Gasteiger partial charge is 0.494 e. The lowest BCUT2D eigenvalue weighted by Crippen LogP contribution is -2.28. The van der Waals surface area contributed by atoms with Crippen LogP contribution in [0.5, 0.6) is 34.8 Å². The molecule has 8 aromatic rings. The number of aryl methyl sites for hydroxylation is 4. The summed E-state index contributed by atoms with van der Waals surface area (Å²) >= 11 is 0. The van der Waals surface area contributed by atoms with Crippen LogP contribution in [0, 0.1) is 13.8 Å². The van der Waals surface area contributed by atoms with Gasteiger partial charge in [0.1, 0.15) is 69.6 Å². The highest BCUT2D eigenvalue weighted by atomic mass is 32.2. The van der Waals surface area contributed by atoms with E-state index in [-0.39, 0.29) is 34.7 Å². The molecular formula is C50H58N10O14S2. The van der Waals surface area contributed by atoms with Crippen molar-refractivity contribution in [3.05, 3.63) is 107 Å². The third-order valence-electron chi connectivity index (χ3n) is 13.0. The van der Waals surface area contributed by atoms with Gasteiger partial charge in [-0.15, -0.1) is 20.4 Å². The predicted octanol–water partition coefficient (Wildman–Crippen LogP) is 5.74. The summed E-state index contributed by atoms with van der Waals surface area (Å²) in [7, 11) is -1.93. The van der Waals surface area contributed by atoms with Crippen LogP contribution in [0.1, 0.15) is 73.5 Å². The third kappa shape index (κ3) is 10.5. The summed E-state index contributed by atoms with van der Waals surface area (Å²) in [4.78, 5) is 0. The molecule has 404 valence electrons. The molecule has 0 amide bonds. The highest BCUT2D eigenvalue weighted by Crippen LogP contribution is 2.40. The Morgan fingerprint density at radius 1 is 0.566 bits per heavy atom. The van der Waals surface area contributed by atoms with E-state index in [1.807, 2.05) is 0 Å². The summed E-state index contributed by atoms with van der Waals surface area (Å²) in [5.74, 6) is 4.49. The number of aliphatic hydroxyl groups excluding tert-OH is 2. The molecule has 4 atom stereocenters. The van der Waals surface area contributed by atoms with Crippen LogP contribution in [0.25, 0.3) is 34.5 Å². The zero-order valence-corrected chi connectivity index (χ0v) is 44.6. The zero-order valence-electron chi connectivity index (χ0n) is 43.0. The predicted molar refractivity (Wildman–Crippen MR) is 273 cm³/mol. The van der Waals surface area contributed by atoms with Gasteiger partial charge in [-0.05, 0) is 76.2 Å². The van der Waals surface area contributed by atoms with Gasteiger partial charge in [0.05, 0.1) is 63.5 Å². The summed E-state index contributed by atoms with van der Waals surface area (Å²) in [6.45, 7) is 8.86. The van der Waals surface area contributed by atoms with Gasteiger partial charge in [-0.1, -0.05) is 12.1 Å². The normalized spacial score (nSPS) is 15.0. The van der Waals surface area contributed by atoms with Gasteiger partial charge >= 0.3 is 0 Å². The van der Waals surface area contributed by atoms with Crippen LogP contribution in [0.15, 0.2) is 81.6 Å². The Bertz CT molecular complexity index is 3250. The first-order chi connectivity index (χ1) is 36.5. The van der Waals surface area contributed by atoms with Crippen molar-refractivity contribution in [2.45, 2.75) is 87.8 Å². The number of hydrogen-bond acceptors (Lipinski definition) is 20. The summed E-state index contributed by atoms with van der Waals surface area (Å²) in [5.41, 5.74) is 1.31. The smallest absolute Gasteiger partial charge is 0.212 e. The first-order valence-corrected chi connectivity index (χ1v) is 27.5. The number of fused-ring (bicyclic) bond motifs is 2. The van der Waals surface area contributed by atoms with E-state index < -0.39 is 53.9 Å². The Kier molecular flexibility index (Phi) is 15.3. The van der Waals surface area contributed by atoms with Crippen LogP contribution in [-0.4, -0.2) is 128 Å². The number of rotatable bonds is 18. The van der Waals surface area contributed by atoms with Gasteiger partial charge in [0, 0.05) is 38.1 Å². The molecule has 24 nitrogen and oxygen atoms in total. The number of aromatic nitrogens is 10. The number of hydrogen-bond donors (Lipinski definition) is 2. The van der Waals surface area contributed by atoms with Crippen LogP contribution in [0.2, 0.25) is 0 Å². The van der Waals surface area contributed by atoms with E-state index in [0.29, 0.717) is 95.5 Å². The van der Waals surface area contributed by atoms with Crippen molar-refractivity contribution in [3.8, 4) is 69.3 Å². The Hall–Kier alpha value is -7.68. The minimum atomic E-state index is -3.97.